The van der Waals surface area contributed by atoms with E-state index in [0.717, 1.165) is 0 Å². The molecule has 1 saturated heterocycles. The zero-order valence-electron chi connectivity index (χ0n) is 13.8. The van der Waals surface area contributed by atoms with Crippen LogP contribution in [0.25, 0.3) is 0 Å². The summed E-state index contributed by atoms with van der Waals surface area (Å²) < 4.78 is 16.0. The van der Waals surface area contributed by atoms with Crippen LogP contribution >= 0.6 is 0 Å². The van der Waals surface area contributed by atoms with Crippen molar-refractivity contribution in [2.45, 2.75) is 77.2 Å². The highest BCUT2D eigenvalue weighted by Crippen LogP contribution is 2.21. The summed E-state index contributed by atoms with van der Waals surface area (Å²) >= 11 is 0. The summed E-state index contributed by atoms with van der Waals surface area (Å²) in [6.07, 6.45) is 2.24. The molecule has 0 spiro atoms. The first-order valence-electron chi connectivity index (χ1n) is 7.72. The molecule has 0 aliphatic carbocycles. The van der Waals surface area contributed by atoms with Gasteiger partial charge in [-0.25, -0.2) is 4.79 Å². The molecule has 0 aromatic carbocycles. The van der Waals surface area contributed by atoms with Gasteiger partial charge in [0.1, 0.15) is 11.7 Å². The first-order valence-corrected chi connectivity index (χ1v) is 7.72. The van der Waals surface area contributed by atoms with Crippen LogP contribution in [0.5, 0.6) is 0 Å². The third-order valence-corrected chi connectivity index (χ3v) is 3.15. The molecule has 0 radical (unpaired) electrons. The molecule has 128 valence electrons. The van der Waals surface area contributed by atoms with E-state index in [2.05, 4.69) is 0 Å². The van der Waals surface area contributed by atoms with Gasteiger partial charge in [-0.3, -0.25) is 0 Å². The number of carbonyl (C=O) groups is 1. The van der Waals surface area contributed by atoms with Crippen LogP contribution in [0, 0.1) is 0 Å². The Morgan fingerprint density at radius 1 is 1.32 bits per heavy atom. The molecule has 6 nitrogen and oxygen atoms in total. The molecule has 4 atom stereocenters. The Labute approximate surface area is 132 Å². The van der Waals surface area contributed by atoms with Crippen LogP contribution in [0.15, 0.2) is 12.2 Å². The summed E-state index contributed by atoms with van der Waals surface area (Å²) in [6, 6.07) is 0. The standard InChI is InChI=1S/C16H28O6/c1-11-12(17)10-13(18)15(21-11)20-9-7-5-6-8-14(19)22-16(2,3)4/h6,8,11-13,15,17-18H,5,7,9-10H2,1-4H3/b8-6+/t11-,12+,13+,15?/m0/s1. The molecule has 22 heavy (non-hydrogen) atoms. The molecular formula is C16H28O6. The van der Waals surface area contributed by atoms with Crippen LogP contribution in [-0.4, -0.2) is 53.0 Å². The predicted octanol–water partition coefficient (Wildman–Crippen LogP) is 1.54. The minimum Gasteiger partial charge on any atom is -0.457 e. The molecule has 0 aromatic rings. The SMILES string of the molecule is C[C@@H]1OC(OCCC/C=C/C(=O)OC(C)(C)C)[C@H](O)C[C@H]1O. The van der Waals surface area contributed by atoms with E-state index >= 15 is 0 Å². The van der Waals surface area contributed by atoms with Crippen molar-refractivity contribution in [2.75, 3.05) is 6.61 Å². The molecule has 0 saturated carbocycles. The summed E-state index contributed by atoms with van der Waals surface area (Å²) in [6.45, 7) is 7.61. The van der Waals surface area contributed by atoms with Gasteiger partial charge in [0.05, 0.1) is 18.8 Å². The largest absolute Gasteiger partial charge is 0.457 e. The fraction of sp³-hybridized carbons (Fsp3) is 0.812. The Balaban J connectivity index is 2.16. The third kappa shape index (κ3) is 7.35. The Bertz CT molecular complexity index is 373. The average Bonchev–Trinajstić information content (AvgIpc) is 2.37. The molecule has 1 rings (SSSR count). The van der Waals surface area contributed by atoms with E-state index in [1.807, 2.05) is 20.8 Å². The van der Waals surface area contributed by atoms with E-state index in [1.54, 1.807) is 13.0 Å². The van der Waals surface area contributed by atoms with Gasteiger partial charge in [0.15, 0.2) is 6.29 Å². The lowest BCUT2D eigenvalue weighted by atomic mass is 10.0. The van der Waals surface area contributed by atoms with Crippen molar-refractivity contribution in [2.24, 2.45) is 0 Å². The number of unbranched alkanes of at least 4 members (excludes halogenated alkanes) is 1. The second-order valence-corrected chi connectivity index (χ2v) is 6.53. The Kier molecular flexibility index (Phi) is 7.48. The molecule has 0 aromatic heterocycles. The molecule has 1 aliphatic heterocycles. The van der Waals surface area contributed by atoms with Gasteiger partial charge >= 0.3 is 5.97 Å². The van der Waals surface area contributed by atoms with Gasteiger partial charge in [0.25, 0.3) is 0 Å². The molecule has 6 heteroatoms. The first-order chi connectivity index (χ1) is 10.2. The van der Waals surface area contributed by atoms with Crippen molar-refractivity contribution in [1.82, 2.24) is 0 Å². The van der Waals surface area contributed by atoms with Gasteiger partial charge in [-0.1, -0.05) is 6.08 Å². The van der Waals surface area contributed by atoms with E-state index in [1.165, 1.54) is 6.08 Å². The van der Waals surface area contributed by atoms with Crippen LogP contribution in [0.2, 0.25) is 0 Å². The van der Waals surface area contributed by atoms with E-state index in [4.69, 9.17) is 14.2 Å². The maximum absolute atomic E-state index is 11.4. The van der Waals surface area contributed by atoms with Crippen molar-refractivity contribution >= 4 is 5.97 Å². The summed E-state index contributed by atoms with van der Waals surface area (Å²) in [7, 11) is 0. The van der Waals surface area contributed by atoms with Crippen molar-refractivity contribution in [3.8, 4) is 0 Å². The second kappa shape index (κ2) is 8.62. The minimum atomic E-state index is -0.816. The zero-order valence-corrected chi connectivity index (χ0v) is 13.8. The first kappa shape index (κ1) is 19.1. The Morgan fingerprint density at radius 3 is 2.64 bits per heavy atom. The van der Waals surface area contributed by atoms with Crippen molar-refractivity contribution in [3.05, 3.63) is 12.2 Å². The summed E-state index contributed by atoms with van der Waals surface area (Å²) in [5.41, 5.74) is -0.486. The number of allylic oxidation sites excluding steroid dienone is 1. The van der Waals surface area contributed by atoms with Crippen LogP contribution in [0.1, 0.15) is 47.0 Å². The van der Waals surface area contributed by atoms with Gasteiger partial charge in [0.2, 0.25) is 0 Å². The normalized spacial score (nSPS) is 29.7. The topological polar surface area (TPSA) is 85.2 Å². The molecule has 2 N–H and O–H groups in total. The highest BCUT2D eigenvalue weighted by molar-refractivity contribution is 5.82. The molecule has 1 aliphatic rings. The van der Waals surface area contributed by atoms with E-state index in [-0.39, 0.29) is 18.5 Å². The lowest BCUT2D eigenvalue weighted by molar-refractivity contribution is -0.260. The second-order valence-electron chi connectivity index (χ2n) is 6.53. The lowest BCUT2D eigenvalue weighted by Crippen LogP contribution is -2.47. The fourth-order valence-electron chi connectivity index (χ4n) is 2.01. The Morgan fingerprint density at radius 2 is 2.00 bits per heavy atom. The number of aliphatic hydroxyl groups excluding tert-OH is 2. The highest BCUT2D eigenvalue weighted by Gasteiger charge is 2.34. The third-order valence-electron chi connectivity index (χ3n) is 3.15. The van der Waals surface area contributed by atoms with Crippen LogP contribution in [-0.2, 0) is 19.0 Å². The summed E-state index contributed by atoms with van der Waals surface area (Å²) in [5, 5.41) is 19.3. The number of carbonyl (C=O) groups excluding carboxylic acids is 1. The lowest BCUT2D eigenvalue weighted by Gasteiger charge is -2.35. The minimum absolute atomic E-state index is 0.254. The monoisotopic (exact) mass is 316 g/mol. The quantitative estimate of drug-likeness (QED) is 0.439. The maximum Gasteiger partial charge on any atom is 0.330 e. The number of ether oxygens (including phenoxy) is 3. The van der Waals surface area contributed by atoms with Gasteiger partial charge in [0, 0.05) is 12.5 Å². The van der Waals surface area contributed by atoms with Gasteiger partial charge in [-0.2, -0.15) is 0 Å². The van der Waals surface area contributed by atoms with Crippen molar-refractivity contribution in [3.63, 3.8) is 0 Å². The van der Waals surface area contributed by atoms with E-state index in [9.17, 15) is 15.0 Å². The summed E-state index contributed by atoms with van der Waals surface area (Å²) in [5.74, 6) is -0.359. The molecule has 0 amide bonds. The number of hydrogen-bond donors (Lipinski definition) is 2. The fourth-order valence-corrected chi connectivity index (χ4v) is 2.01. The number of hydrogen-bond acceptors (Lipinski definition) is 6. The van der Waals surface area contributed by atoms with E-state index < -0.39 is 24.1 Å². The predicted molar refractivity (Wildman–Crippen MR) is 81.1 cm³/mol. The number of esters is 1. The number of rotatable bonds is 6. The number of aliphatic hydroxyl groups is 2. The molecule has 1 fully saturated rings. The van der Waals surface area contributed by atoms with Crippen LogP contribution in [0.4, 0.5) is 0 Å². The summed E-state index contributed by atoms with van der Waals surface area (Å²) in [4.78, 5) is 11.4. The molecule has 0 bridgehead atoms. The van der Waals surface area contributed by atoms with Crippen LogP contribution < -0.4 is 0 Å². The van der Waals surface area contributed by atoms with Crippen LogP contribution in [0.3, 0.4) is 0 Å². The molecule has 1 heterocycles. The van der Waals surface area contributed by atoms with Gasteiger partial charge in [-0.15, -0.1) is 0 Å². The van der Waals surface area contributed by atoms with E-state index in [0.29, 0.717) is 19.4 Å². The van der Waals surface area contributed by atoms with Crippen molar-refractivity contribution < 1.29 is 29.2 Å². The maximum atomic E-state index is 11.4. The highest BCUT2D eigenvalue weighted by atomic mass is 16.7. The molecular weight excluding hydrogens is 288 g/mol. The van der Waals surface area contributed by atoms with Gasteiger partial charge < -0.3 is 24.4 Å². The molecule has 1 unspecified atom stereocenters. The smallest absolute Gasteiger partial charge is 0.330 e. The van der Waals surface area contributed by atoms with Crippen molar-refractivity contribution in [1.29, 1.82) is 0 Å². The van der Waals surface area contributed by atoms with Gasteiger partial charge in [-0.05, 0) is 40.5 Å². The Hall–Kier alpha value is -0.950. The average molecular weight is 316 g/mol. The zero-order chi connectivity index (χ0) is 16.8.